The molecule has 0 spiro atoms. The molecule has 0 saturated carbocycles. The van der Waals surface area contributed by atoms with Gasteiger partial charge >= 0.3 is 0 Å². The van der Waals surface area contributed by atoms with Crippen LogP contribution in [0.3, 0.4) is 0 Å². The first kappa shape index (κ1) is 34.9. The maximum atomic E-state index is 12.3. The summed E-state index contributed by atoms with van der Waals surface area (Å²) in [5.74, 6) is 1.08. The molecule has 0 saturated heterocycles. The number of nitrogens with zero attached hydrogens (tertiary/aromatic N) is 4. The van der Waals surface area contributed by atoms with Crippen LogP contribution < -0.4 is 16.2 Å². The van der Waals surface area contributed by atoms with Crippen LogP contribution in [-0.4, -0.2) is 49.7 Å². The Morgan fingerprint density at radius 2 is 1.00 bits per heavy atom. The van der Waals surface area contributed by atoms with Gasteiger partial charge in [0.25, 0.3) is 0 Å². The number of anilines is 4. The predicted molar refractivity (Wildman–Crippen MR) is 197 cm³/mol. The van der Waals surface area contributed by atoms with Crippen molar-refractivity contribution in [2.75, 3.05) is 27.7 Å². The van der Waals surface area contributed by atoms with Crippen LogP contribution in [0, 0.1) is 0 Å². The van der Waals surface area contributed by atoms with Gasteiger partial charge in [-0.2, -0.15) is 20.2 Å². The second kappa shape index (κ2) is 15.2. The second-order valence-corrected chi connectivity index (χ2v) is 15.5. The van der Waals surface area contributed by atoms with Gasteiger partial charge in [0.2, 0.25) is 5.95 Å². The van der Waals surface area contributed by atoms with Gasteiger partial charge in [-0.3, -0.25) is 10.9 Å². The van der Waals surface area contributed by atoms with Gasteiger partial charge in [0, 0.05) is 5.69 Å². The SMILES string of the molecule is CCS(=O)(=O)c1ccc(C(C)=NNc2nc(Nc3ccccc3)nc(NN=C(C)c3ccc(S(=O)(=O)CC)cc3)c2-c2ccccc2)cc1. The summed E-state index contributed by atoms with van der Waals surface area (Å²) in [6.45, 7) is 6.85. The molecule has 0 unspecified atom stereocenters. The van der Waals surface area contributed by atoms with Crippen molar-refractivity contribution in [1.82, 2.24) is 9.97 Å². The van der Waals surface area contributed by atoms with Crippen LogP contribution in [0.4, 0.5) is 23.3 Å². The minimum atomic E-state index is -3.33. The Morgan fingerprint density at radius 3 is 1.41 bits per heavy atom. The Hall–Kier alpha value is -5.40. The van der Waals surface area contributed by atoms with Crippen LogP contribution in [0.1, 0.15) is 38.8 Å². The molecule has 0 bridgehead atoms. The highest BCUT2D eigenvalue weighted by Crippen LogP contribution is 2.35. The van der Waals surface area contributed by atoms with Gasteiger partial charge in [0.05, 0.1) is 38.3 Å². The number of hydrogen-bond acceptors (Lipinski definition) is 11. The lowest BCUT2D eigenvalue weighted by Crippen LogP contribution is -2.09. The monoisotopic (exact) mass is 695 g/mol. The highest BCUT2D eigenvalue weighted by Gasteiger charge is 2.18. The maximum absolute atomic E-state index is 12.3. The lowest BCUT2D eigenvalue weighted by molar-refractivity contribution is 0.595. The lowest BCUT2D eigenvalue weighted by atomic mass is 10.1. The molecule has 0 aliphatic heterocycles. The van der Waals surface area contributed by atoms with E-state index in [1.807, 2.05) is 74.5 Å². The summed E-state index contributed by atoms with van der Waals surface area (Å²) in [6.07, 6.45) is 0. The van der Waals surface area contributed by atoms with Crippen LogP contribution in [0.2, 0.25) is 0 Å². The lowest BCUT2D eigenvalue weighted by Gasteiger charge is -2.16. The number of hydrazone groups is 2. The molecule has 0 aliphatic rings. The molecule has 11 nitrogen and oxygen atoms in total. The predicted octanol–water partition coefficient (Wildman–Crippen LogP) is 7.15. The van der Waals surface area contributed by atoms with Crippen LogP contribution in [0.25, 0.3) is 11.1 Å². The first-order valence-electron chi connectivity index (χ1n) is 15.6. The molecule has 1 heterocycles. The van der Waals surface area contributed by atoms with Gasteiger partial charge < -0.3 is 5.32 Å². The minimum absolute atomic E-state index is 0.0196. The topological polar surface area (TPSA) is 155 Å². The molecule has 3 N–H and O–H groups in total. The molecular weight excluding hydrogens is 659 g/mol. The molecule has 0 aliphatic carbocycles. The number of aromatic nitrogens is 2. The number of sulfone groups is 2. The van der Waals surface area contributed by atoms with Crippen molar-refractivity contribution in [3.63, 3.8) is 0 Å². The summed E-state index contributed by atoms with van der Waals surface area (Å²) >= 11 is 0. The Balaban J connectivity index is 1.55. The van der Waals surface area contributed by atoms with E-state index >= 15 is 0 Å². The van der Waals surface area contributed by atoms with Crippen molar-refractivity contribution in [2.45, 2.75) is 37.5 Å². The van der Waals surface area contributed by atoms with E-state index in [2.05, 4.69) is 26.4 Å². The Labute approximate surface area is 287 Å². The highest BCUT2D eigenvalue weighted by molar-refractivity contribution is 7.91. The Kier molecular flexibility index (Phi) is 10.8. The molecule has 4 aromatic carbocycles. The Bertz CT molecular complexity index is 2070. The molecule has 0 fully saturated rings. The van der Waals surface area contributed by atoms with Gasteiger partial charge in [-0.1, -0.05) is 86.6 Å². The number of nitrogens with one attached hydrogen (secondary N) is 3. The fourth-order valence-corrected chi connectivity index (χ4v) is 6.52. The van der Waals surface area contributed by atoms with E-state index in [0.717, 1.165) is 22.4 Å². The van der Waals surface area contributed by atoms with Crippen LogP contribution in [0.15, 0.2) is 129 Å². The zero-order valence-corrected chi connectivity index (χ0v) is 29.2. The fourth-order valence-electron chi connectivity index (χ4n) is 4.75. The summed E-state index contributed by atoms with van der Waals surface area (Å²) in [6, 6.07) is 32.2. The van der Waals surface area contributed by atoms with Gasteiger partial charge in [0.15, 0.2) is 31.3 Å². The molecule has 49 heavy (non-hydrogen) atoms. The van der Waals surface area contributed by atoms with Crippen molar-refractivity contribution >= 4 is 54.4 Å². The average molecular weight is 696 g/mol. The van der Waals surface area contributed by atoms with Crippen LogP contribution in [0.5, 0.6) is 0 Å². The molecule has 5 aromatic rings. The normalized spacial score (nSPS) is 12.4. The minimum Gasteiger partial charge on any atom is -0.324 e. The first-order chi connectivity index (χ1) is 23.5. The molecule has 0 atom stereocenters. The van der Waals surface area contributed by atoms with E-state index in [1.165, 1.54) is 0 Å². The quantitative estimate of drug-likeness (QED) is 0.0861. The highest BCUT2D eigenvalue weighted by atomic mass is 32.2. The second-order valence-electron chi connectivity index (χ2n) is 11.0. The van der Waals surface area contributed by atoms with Crippen molar-refractivity contribution in [3.8, 4) is 11.1 Å². The van der Waals surface area contributed by atoms with Crippen LogP contribution in [-0.2, 0) is 19.7 Å². The summed E-state index contributed by atoms with van der Waals surface area (Å²) in [4.78, 5) is 10.1. The van der Waals surface area contributed by atoms with E-state index in [4.69, 9.17) is 9.97 Å². The van der Waals surface area contributed by atoms with Gasteiger partial charge in [-0.05, 0) is 66.9 Å². The fraction of sp³-hybridized carbons (Fsp3) is 0.167. The van der Waals surface area contributed by atoms with E-state index < -0.39 is 19.7 Å². The van der Waals surface area contributed by atoms with Crippen molar-refractivity contribution < 1.29 is 16.8 Å². The third-order valence-corrected chi connectivity index (χ3v) is 11.2. The number of rotatable bonds is 13. The van der Waals surface area contributed by atoms with E-state index in [1.54, 1.807) is 62.4 Å². The molecular formula is C36H37N7O4S2. The van der Waals surface area contributed by atoms with E-state index in [-0.39, 0.29) is 27.2 Å². The van der Waals surface area contributed by atoms with Gasteiger partial charge in [0.1, 0.15) is 0 Å². The van der Waals surface area contributed by atoms with E-state index in [0.29, 0.717) is 28.6 Å². The zero-order chi connectivity index (χ0) is 35.0. The van der Waals surface area contributed by atoms with Crippen molar-refractivity contribution in [1.29, 1.82) is 0 Å². The molecule has 0 amide bonds. The number of benzene rings is 4. The molecule has 5 rings (SSSR count). The molecule has 1 aromatic heterocycles. The summed E-state index contributed by atoms with van der Waals surface area (Å²) < 4.78 is 49.2. The molecule has 0 radical (unpaired) electrons. The summed E-state index contributed by atoms with van der Waals surface area (Å²) in [7, 11) is -6.65. The number of para-hydroxylation sites is 1. The summed E-state index contributed by atoms with van der Waals surface area (Å²) in [5, 5.41) is 12.5. The van der Waals surface area contributed by atoms with Gasteiger partial charge in [-0.25, -0.2) is 16.8 Å². The number of hydrogen-bond donors (Lipinski definition) is 3. The van der Waals surface area contributed by atoms with E-state index in [9.17, 15) is 16.8 Å². The first-order valence-corrected chi connectivity index (χ1v) is 18.9. The van der Waals surface area contributed by atoms with Crippen molar-refractivity contribution in [3.05, 3.63) is 120 Å². The third kappa shape index (κ3) is 8.55. The largest absolute Gasteiger partial charge is 0.324 e. The van der Waals surface area contributed by atoms with Gasteiger partial charge in [-0.15, -0.1) is 0 Å². The third-order valence-electron chi connectivity index (χ3n) is 7.68. The van der Waals surface area contributed by atoms with Crippen molar-refractivity contribution in [2.24, 2.45) is 10.2 Å². The standard InChI is InChI=1S/C36H37N7O4S2/c1-5-48(44,45)31-21-17-27(18-22-31)25(3)40-42-34-33(29-13-9-7-10-14-29)35(39-36(38-34)37-30-15-11-8-12-16-30)43-41-26(4)28-19-23-32(24-20-28)49(46,47)6-2/h7-24H,5-6H2,1-4H3,(H3,37,38,39,42,43). The zero-order valence-electron chi connectivity index (χ0n) is 27.5. The average Bonchev–Trinajstić information content (AvgIpc) is 3.13. The smallest absolute Gasteiger partial charge is 0.231 e. The molecule has 13 heteroatoms. The van der Waals surface area contributed by atoms with Crippen LogP contribution >= 0.6 is 0 Å². The molecule has 252 valence electrons. The Morgan fingerprint density at radius 1 is 0.592 bits per heavy atom. The summed E-state index contributed by atoms with van der Waals surface area (Å²) in [5.41, 5.74) is 11.1. The maximum Gasteiger partial charge on any atom is 0.231 e.